The number of rotatable bonds is 2. The molecule has 1 aliphatic carbocycles. The van der Waals surface area contributed by atoms with Gasteiger partial charge in [0.15, 0.2) is 0 Å². The van der Waals surface area contributed by atoms with E-state index < -0.39 is 0 Å². The van der Waals surface area contributed by atoms with Gasteiger partial charge in [0.25, 0.3) is 0 Å². The third-order valence-electron chi connectivity index (χ3n) is 12.1. The van der Waals surface area contributed by atoms with Crippen molar-refractivity contribution in [1.82, 2.24) is 14.8 Å². The Bertz CT molecular complexity index is 1440. The van der Waals surface area contributed by atoms with Crippen molar-refractivity contribution < 1.29 is 5.11 Å². The molecule has 45 heavy (non-hydrogen) atoms. The lowest BCUT2D eigenvalue weighted by Gasteiger charge is -2.65. The van der Waals surface area contributed by atoms with Gasteiger partial charge in [0, 0.05) is 48.7 Å². The third kappa shape index (κ3) is 6.17. The van der Waals surface area contributed by atoms with Crippen LogP contribution in [0.2, 0.25) is 0 Å². The summed E-state index contributed by atoms with van der Waals surface area (Å²) in [7, 11) is 0. The van der Waals surface area contributed by atoms with E-state index in [1.807, 2.05) is 6.07 Å². The summed E-state index contributed by atoms with van der Waals surface area (Å²) in [4.78, 5) is 11.0. The maximum Gasteiger partial charge on any atom is 0.141 e. The number of hydrogen-bond donors (Lipinski definition) is 2. The molecule has 5 heterocycles. The highest BCUT2D eigenvalue weighted by Gasteiger charge is 2.59. The number of hydrogen-bond acceptors (Lipinski definition) is 5. The van der Waals surface area contributed by atoms with Gasteiger partial charge in [-0.05, 0) is 125 Å². The lowest BCUT2D eigenvalue weighted by atomic mass is 9.52. The molecule has 4 aliphatic heterocycles. The van der Waals surface area contributed by atoms with Crippen molar-refractivity contribution in [3.8, 4) is 5.75 Å². The molecule has 5 nitrogen and oxygen atoms in total. The number of para-hydroxylation sites is 1. The molecule has 5 heteroatoms. The maximum absolute atomic E-state index is 10.8. The molecule has 0 saturated carbocycles. The van der Waals surface area contributed by atoms with Crippen LogP contribution in [0, 0.1) is 23.2 Å². The number of phenols is 1. The van der Waals surface area contributed by atoms with Gasteiger partial charge in [-0.25, -0.2) is 4.98 Å². The van der Waals surface area contributed by atoms with Gasteiger partial charge in [-0.3, -0.25) is 4.90 Å². The predicted molar refractivity (Wildman–Crippen MR) is 187 cm³/mol. The lowest BCUT2D eigenvalue weighted by Crippen LogP contribution is -2.70. The van der Waals surface area contributed by atoms with Crippen LogP contribution in [0.25, 0.3) is 17.0 Å². The molecule has 7 bridgehead atoms. The van der Waals surface area contributed by atoms with Crippen molar-refractivity contribution in [2.75, 3.05) is 39.3 Å². The number of aromatic nitrogens is 1. The Hall–Kier alpha value is -2.47. The standard InChI is InChI=1S/C40H56N4O/c1-29-13-6-4-2-3-5-7-14-30-19-20-35-31-26-43(25-29)28-40(35)22-10-8-15-33-32(21-23-41)34-16-12-18-37(45)38(34)42-36(33)17-9-11-24-44(27-31)39(30)40/h3,5,8,12,15-16,18-19,29,31,35,39,45H,2,4,6-7,9-11,13-14,17,20-28,41H2,1H3/b5-3-,15-8-. The highest BCUT2D eigenvalue weighted by Crippen LogP contribution is 2.57. The maximum atomic E-state index is 10.8. The van der Waals surface area contributed by atoms with Crippen molar-refractivity contribution in [2.24, 2.45) is 28.9 Å². The molecule has 5 aliphatic rings. The van der Waals surface area contributed by atoms with Gasteiger partial charge in [0.05, 0.1) is 0 Å². The Morgan fingerprint density at radius 2 is 1.91 bits per heavy atom. The summed E-state index contributed by atoms with van der Waals surface area (Å²) in [6.45, 7) is 9.36. The molecule has 3 N–H and O–H groups in total. The summed E-state index contributed by atoms with van der Waals surface area (Å²) in [5.74, 6) is 2.62. The average molecular weight is 609 g/mol. The smallest absolute Gasteiger partial charge is 0.141 e. The van der Waals surface area contributed by atoms with E-state index in [9.17, 15) is 5.11 Å². The third-order valence-corrected chi connectivity index (χ3v) is 12.1. The number of pyridine rings is 1. The minimum Gasteiger partial charge on any atom is -0.506 e. The number of aromatic hydroxyl groups is 1. The molecule has 1 aromatic carbocycles. The van der Waals surface area contributed by atoms with Gasteiger partial charge in [-0.1, -0.05) is 61.4 Å². The molecule has 7 rings (SSSR count). The predicted octanol–water partition coefficient (Wildman–Crippen LogP) is 7.67. The molecule has 1 aromatic heterocycles. The minimum absolute atomic E-state index is 0.276. The fourth-order valence-electron chi connectivity index (χ4n) is 10.3. The normalized spacial score (nSPS) is 35.6. The molecule has 0 amide bonds. The first-order valence-electron chi connectivity index (χ1n) is 18.4. The highest BCUT2D eigenvalue weighted by molar-refractivity contribution is 5.90. The number of benzene rings is 1. The monoisotopic (exact) mass is 608 g/mol. The van der Waals surface area contributed by atoms with Crippen molar-refractivity contribution in [3.63, 3.8) is 0 Å². The van der Waals surface area contributed by atoms with Crippen molar-refractivity contribution in [3.05, 3.63) is 64.9 Å². The number of fused-ring (bicyclic) bond motifs is 3. The molecule has 1 spiro atoms. The summed E-state index contributed by atoms with van der Waals surface area (Å²) in [5.41, 5.74) is 12.6. The van der Waals surface area contributed by atoms with Crippen molar-refractivity contribution in [2.45, 2.75) is 96.4 Å². The molecule has 2 fully saturated rings. The molecule has 2 aromatic rings. The van der Waals surface area contributed by atoms with Crippen LogP contribution >= 0.6 is 0 Å². The van der Waals surface area contributed by atoms with Crippen LogP contribution in [-0.2, 0) is 12.8 Å². The van der Waals surface area contributed by atoms with Gasteiger partial charge in [-0.2, -0.15) is 0 Å². The minimum atomic E-state index is 0.276. The second-order valence-corrected chi connectivity index (χ2v) is 15.2. The molecule has 7 unspecified atom stereocenters. The number of allylic oxidation sites excluding steroid dienone is 4. The summed E-state index contributed by atoms with van der Waals surface area (Å²) in [6.07, 6.45) is 27.9. The average Bonchev–Trinajstić information content (AvgIpc) is 3.02. The van der Waals surface area contributed by atoms with Crippen LogP contribution in [0.4, 0.5) is 0 Å². The van der Waals surface area contributed by atoms with Crippen LogP contribution in [0.1, 0.15) is 94.4 Å². The zero-order chi connectivity index (χ0) is 30.8. The van der Waals surface area contributed by atoms with E-state index in [0.29, 0.717) is 18.0 Å². The fraction of sp³-hybridized carbons (Fsp3) is 0.625. The summed E-state index contributed by atoms with van der Waals surface area (Å²) >= 11 is 0. The molecular formula is C40H56N4O. The topological polar surface area (TPSA) is 65.6 Å². The van der Waals surface area contributed by atoms with Gasteiger partial charge in [0.2, 0.25) is 0 Å². The number of nitrogens with two attached hydrogens (primary N) is 1. The Balaban J connectivity index is 1.27. The first-order valence-corrected chi connectivity index (χ1v) is 18.4. The number of aryl methyl sites for hydroxylation is 1. The summed E-state index contributed by atoms with van der Waals surface area (Å²) in [5, 5.41) is 11.8. The first-order chi connectivity index (χ1) is 22.1. The Morgan fingerprint density at radius 1 is 1.00 bits per heavy atom. The Kier molecular flexibility index (Phi) is 9.49. The van der Waals surface area contributed by atoms with E-state index in [2.05, 4.69) is 53.2 Å². The first kappa shape index (κ1) is 31.1. The quantitative estimate of drug-likeness (QED) is 0.343. The fourth-order valence-corrected chi connectivity index (χ4v) is 10.3. The van der Waals surface area contributed by atoms with E-state index in [1.165, 1.54) is 102 Å². The second kappa shape index (κ2) is 13.7. The zero-order valence-corrected chi connectivity index (χ0v) is 27.7. The van der Waals surface area contributed by atoms with E-state index in [1.54, 1.807) is 11.6 Å². The van der Waals surface area contributed by atoms with Gasteiger partial charge in [-0.15, -0.1) is 0 Å². The molecular weight excluding hydrogens is 552 g/mol. The van der Waals surface area contributed by atoms with E-state index in [-0.39, 0.29) is 5.75 Å². The number of nitrogens with zero attached hydrogens (tertiary/aromatic N) is 3. The van der Waals surface area contributed by atoms with Crippen LogP contribution < -0.4 is 5.73 Å². The second-order valence-electron chi connectivity index (χ2n) is 15.2. The van der Waals surface area contributed by atoms with E-state index in [4.69, 9.17) is 10.7 Å². The lowest BCUT2D eigenvalue weighted by molar-refractivity contribution is -0.131. The Morgan fingerprint density at radius 3 is 2.82 bits per heavy atom. The van der Waals surface area contributed by atoms with Gasteiger partial charge >= 0.3 is 0 Å². The largest absolute Gasteiger partial charge is 0.506 e. The van der Waals surface area contributed by atoms with Crippen molar-refractivity contribution >= 4 is 17.0 Å². The molecule has 242 valence electrons. The number of piperidine rings is 2. The van der Waals surface area contributed by atoms with Crippen LogP contribution in [-0.4, -0.2) is 65.2 Å². The van der Waals surface area contributed by atoms with Gasteiger partial charge < -0.3 is 15.7 Å². The van der Waals surface area contributed by atoms with Crippen LogP contribution in [0.3, 0.4) is 0 Å². The molecule has 7 atom stereocenters. The highest BCUT2D eigenvalue weighted by atomic mass is 16.3. The van der Waals surface area contributed by atoms with Crippen molar-refractivity contribution in [1.29, 1.82) is 0 Å². The Labute approximate surface area is 271 Å². The SMILES string of the molecule is CC1CCCC/C=C\CCC2=CCC3C4CN(C1)CC31CC/C=C\c3c(nc5c(O)cccc5c3CCN)CCCCN(C4)C21. The van der Waals surface area contributed by atoms with Crippen LogP contribution in [0.5, 0.6) is 5.75 Å². The van der Waals surface area contributed by atoms with E-state index in [0.717, 1.165) is 60.0 Å². The summed E-state index contributed by atoms with van der Waals surface area (Å²) < 4.78 is 0. The number of phenolic OH excluding ortho intramolecular Hbond substituents is 1. The van der Waals surface area contributed by atoms with E-state index >= 15 is 0 Å². The van der Waals surface area contributed by atoms with Gasteiger partial charge in [0.1, 0.15) is 11.3 Å². The zero-order valence-electron chi connectivity index (χ0n) is 27.7. The van der Waals surface area contributed by atoms with Crippen LogP contribution in [0.15, 0.2) is 48.1 Å². The molecule has 0 radical (unpaired) electrons. The molecule has 2 saturated heterocycles. The summed E-state index contributed by atoms with van der Waals surface area (Å²) in [6, 6.07) is 6.40.